The summed E-state index contributed by atoms with van der Waals surface area (Å²) in [4.78, 5) is 38.0. The monoisotopic (exact) mass is 564 g/mol. The van der Waals surface area contributed by atoms with Crippen LogP contribution in [0.25, 0.3) is 0 Å². The molecule has 0 aromatic rings. The average Bonchev–Trinajstić information content (AvgIpc) is 2.81. The molecule has 4 N–H and O–H groups in total. The van der Waals surface area contributed by atoms with Crippen molar-refractivity contribution in [3.8, 4) is 0 Å². The highest BCUT2D eigenvalue weighted by Crippen LogP contribution is 2.23. The highest BCUT2D eigenvalue weighted by molar-refractivity contribution is 5.69. The van der Waals surface area contributed by atoms with Crippen LogP contribution in [0.15, 0.2) is 0 Å². The lowest BCUT2D eigenvalue weighted by molar-refractivity contribution is 0.0422. The molecule has 0 radical (unpaired) electrons. The van der Waals surface area contributed by atoms with Crippen molar-refractivity contribution < 1.29 is 33.2 Å². The van der Waals surface area contributed by atoms with E-state index in [-0.39, 0.29) is 9.82 Å². The van der Waals surface area contributed by atoms with Gasteiger partial charge in [-0.1, -0.05) is 27.7 Å². The highest BCUT2D eigenvalue weighted by atomic mass is 16.6. The van der Waals surface area contributed by atoms with Crippen LogP contribution in [0, 0.1) is 0 Å². The van der Waals surface area contributed by atoms with Gasteiger partial charge in [-0.15, -0.1) is 0 Å². The zero-order chi connectivity index (χ0) is 30.3. The number of carboxylic acid groups (broad SMARTS) is 1. The third-order valence-electron chi connectivity index (χ3n) is 7.18. The maximum Gasteiger partial charge on any atom is 0.408 e. The predicted molar refractivity (Wildman–Crippen MR) is 163 cm³/mol. The molecule has 0 aliphatic rings. The van der Waals surface area contributed by atoms with Crippen molar-refractivity contribution in [2.75, 3.05) is 26.2 Å². The smallest absolute Gasteiger partial charge is 0.408 e. The van der Waals surface area contributed by atoms with E-state index in [1.54, 1.807) is 0 Å². The number of carbonyl (C=O) groups is 3. The molecule has 0 spiro atoms. The Hall–Kier alpha value is -2.23. The van der Waals surface area contributed by atoms with E-state index in [4.69, 9.17) is 9.47 Å². The van der Waals surface area contributed by atoms with Gasteiger partial charge in [-0.3, -0.25) is 0 Å². The number of nitrogens with one attached hydrogen (secondary N) is 3. The fraction of sp³-hybridized carbons (Fsp3) is 0.897. The van der Waals surface area contributed by atoms with E-state index in [1.807, 2.05) is 55.4 Å². The van der Waals surface area contributed by atoms with Gasteiger partial charge in [-0.05, 0) is 106 Å². The molecular formula is C29H64N4O6. The van der Waals surface area contributed by atoms with Crippen LogP contribution in [0.3, 0.4) is 0 Å². The van der Waals surface area contributed by atoms with Crippen LogP contribution in [0.1, 0.15) is 125 Å². The third-order valence-corrected chi connectivity index (χ3v) is 7.18. The summed E-state index contributed by atoms with van der Waals surface area (Å²) in [5.41, 5.74) is -1.98. The van der Waals surface area contributed by atoms with Gasteiger partial charge in [0, 0.05) is 28.4 Å². The normalized spacial score (nSPS) is 12.6. The number of rotatable bonds is 17. The van der Waals surface area contributed by atoms with Gasteiger partial charge in [0.1, 0.15) is 11.2 Å². The number of carbonyl (C=O) groups excluding carboxylic acids is 2. The van der Waals surface area contributed by atoms with Crippen LogP contribution < -0.4 is 16.0 Å². The van der Waals surface area contributed by atoms with Crippen molar-refractivity contribution >= 4 is 18.3 Å². The Balaban J connectivity index is -0.00000241. The summed E-state index contributed by atoms with van der Waals surface area (Å²) in [5.74, 6) is 0. The van der Waals surface area contributed by atoms with Crippen LogP contribution in [0.2, 0.25) is 0 Å². The number of amides is 3. The molecule has 3 amide bonds. The van der Waals surface area contributed by atoms with Crippen molar-refractivity contribution in [2.24, 2.45) is 0 Å². The lowest BCUT2D eigenvalue weighted by atomic mass is 9.89. The molecule has 0 unspecified atom stereocenters. The van der Waals surface area contributed by atoms with Crippen LogP contribution in [-0.2, 0) is 9.47 Å². The maximum absolute atomic E-state index is 12.4. The van der Waals surface area contributed by atoms with Crippen molar-refractivity contribution in [1.82, 2.24) is 20.9 Å². The van der Waals surface area contributed by atoms with Gasteiger partial charge in [-0.25, -0.2) is 14.4 Å². The Kier molecular flexibility index (Phi) is 15.8. The number of hydrogen-bond acceptors (Lipinski definition) is 6. The Labute approximate surface area is 241 Å². The molecule has 0 bridgehead atoms. The first-order chi connectivity index (χ1) is 18.0. The van der Waals surface area contributed by atoms with E-state index in [9.17, 15) is 19.5 Å². The summed E-state index contributed by atoms with van der Waals surface area (Å²) in [6, 6.07) is 0. The fourth-order valence-corrected chi connectivity index (χ4v) is 4.38. The first-order valence-electron chi connectivity index (χ1n) is 14.7. The molecule has 10 heteroatoms. The van der Waals surface area contributed by atoms with Crippen LogP contribution >= 0.6 is 0 Å². The molecule has 0 heterocycles. The first kappa shape index (κ1) is 36.8. The van der Waals surface area contributed by atoms with Crippen molar-refractivity contribution in [2.45, 2.75) is 143 Å². The summed E-state index contributed by atoms with van der Waals surface area (Å²) in [7, 11) is 0. The van der Waals surface area contributed by atoms with Gasteiger partial charge in [-0.2, -0.15) is 0 Å². The molecule has 0 aliphatic heterocycles. The van der Waals surface area contributed by atoms with Gasteiger partial charge < -0.3 is 35.4 Å². The Morgan fingerprint density at radius 1 is 0.692 bits per heavy atom. The molecule has 0 aromatic heterocycles. The van der Waals surface area contributed by atoms with E-state index in [1.165, 1.54) is 4.90 Å². The Bertz CT molecular complexity index is 753. The van der Waals surface area contributed by atoms with E-state index >= 15 is 0 Å². The molecule has 10 nitrogen and oxygen atoms in total. The minimum Gasteiger partial charge on any atom is -0.465 e. The molecule has 0 aromatic carbocycles. The van der Waals surface area contributed by atoms with Crippen molar-refractivity contribution in [3.63, 3.8) is 0 Å². The molecule has 236 valence electrons. The van der Waals surface area contributed by atoms with Crippen molar-refractivity contribution in [3.05, 3.63) is 0 Å². The van der Waals surface area contributed by atoms with Gasteiger partial charge in [0.25, 0.3) is 0 Å². The summed E-state index contributed by atoms with van der Waals surface area (Å²) >= 11 is 0. The van der Waals surface area contributed by atoms with Gasteiger partial charge in [0.05, 0.1) is 0 Å². The van der Waals surface area contributed by atoms with Crippen LogP contribution in [0.5, 0.6) is 0 Å². The summed E-state index contributed by atoms with van der Waals surface area (Å²) < 4.78 is 10.9. The van der Waals surface area contributed by atoms with E-state index in [0.717, 1.165) is 45.2 Å². The van der Waals surface area contributed by atoms with E-state index < -0.39 is 35.0 Å². The lowest BCUT2D eigenvalue weighted by Crippen LogP contribution is -2.51. The fourth-order valence-electron chi connectivity index (χ4n) is 4.38. The van der Waals surface area contributed by atoms with Crippen LogP contribution in [0.4, 0.5) is 14.4 Å². The Morgan fingerprint density at radius 2 is 1.13 bits per heavy atom. The summed E-state index contributed by atoms with van der Waals surface area (Å²) in [6.45, 7) is 21.4. The predicted octanol–water partition coefficient (Wildman–Crippen LogP) is 7.02. The number of ether oxygens (including phenoxy) is 2. The van der Waals surface area contributed by atoms with Gasteiger partial charge in [0.15, 0.2) is 0 Å². The minimum atomic E-state index is -0.953. The first-order valence-corrected chi connectivity index (χ1v) is 14.7. The number of alkyl carbamates (subject to hydrolysis) is 2. The zero-order valence-corrected chi connectivity index (χ0v) is 26.4. The van der Waals surface area contributed by atoms with Gasteiger partial charge in [0.2, 0.25) is 0 Å². The second-order valence-corrected chi connectivity index (χ2v) is 12.5. The standard InChI is InChI=1S/C29H58N4O6.3H2/c1-11-28(12-2,31-23(34)38-26(5,6)7)17-20-30-19-15-16-21-33(25(36)37)22-18-29(13-3,14-4)32-24(35)39-27(8,9)10;;;/h30H,11-22H2,1-10H3,(H,31,34)(H,32,35)(H,36,37);3*1H. The highest BCUT2D eigenvalue weighted by Gasteiger charge is 2.32. The average molecular weight is 565 g/mol. The molecule has 0 fully saturated rings. The summed E-state index contributed by atoms with van der Waals surface area (Å²) in [6.07, 6.45) is 4.00. The molecule has 0 saturated carbocycles. The molecule has 0 saturated heterocycles. The van der Waals surface area contributed by atoms with E-state index in [0.29, 0.717) is 32.4 Å². The molecule has 0 atom stereocenters. The maximum atomic E-state index is 12.4. The Morgan fingerprint density at radius 3 is 1.51 bits per heavy atom. The number of hydrogen-bond donors (Lipinski definition) is 4. The lowest BCUT2D eigenvalue weighted by Gasteiger charge is -2.35. The molecule has 0 rings (SSSR count). The topological polar surface area (TPSA) is 129 Å². The molecular weight excluding hydrogens is 500 g/mol. The minimum absolute atomic E-state index is 0. The number of nitrogens with zero attached hydrogens (tertiary/aromatic N) is 1. The zero-order valence-electron chi connectivity index (χ0n) is 26.4. The second-order valence-electron chi connectivity index (χ2n) is 12.5. The largest absolute Gasteiger partial charge is 0.465 e. The molecule has 0 aliphatic carbocycles. The van der Waals surface area contributed by atoms with Gasteiger partial charge >= 0.3 is 18.3 Å². The second kappa shape index (κ2) is 16.8. The van der Waals surface area contributed by atoms with E-state index in [2.05, 4.69) is 29.8 Å². The van der Waals surface area contributed by atoms with Crippen molar-refractivity contribution in [1.29, 1.82) is 0 Å². The summed E-state index contributed by atoms with van der Waals surface area (Å²) in [5, 5.41) is 19.2. The quantitative estimate of drug-likeness (QED) is 0.140. The molecule has 39 heavy (non-hydrogen) atoms. The number of unbranched alkanes of at least 4 members (excludes halogenated alkanes) is 1. The van der Waals surface area contributed by atoms with Crippen LogP contribution in [-0.4, -0.2) is 76.7 Å². The SMILES string of the molecule is CCC(CC)(CCNCCCCN(CCC(CC)(CC)NC(=O)OC(C)(C)C)C(=O)O)NC(=O)OC(C)(C)C.[HH].[HH].[HH]. The third kappa shape index (κ3) is 15.8.